The Morgan fingerprint density at radius 2 is 1.67 bits per heavy atom. The molecule has 0 amide bonds. The highest BCUT2D eigenvalue weighted by atomic mass is 32.1. The summed E-state index contributed by atoms with van der Waals surface area (Å²) in [6.45, 7) is 13.1. The molecule has 0 atom stereocenters. The molecule has 2 N–H and O–H groups in total. The number of piperazine rings is 1. The molecule has 0 bridgehead atoms. The zero-order chi connectivity index (χ0) is 11.6. The van der Waals surface area contributed by atoms with Crippen LogP contribution >= 0.6 is 12.2 Å². The van der Waals surface area contributed by atoms with E-state index in [0.29, 0.717) is 11.0 Å². The van der Waals surface area contributed by atoms with Crippen LogP contribution < -0.4 is 5.73 Å². The van der Waals surface area contributed by atoms with Crippen LogP contribution in [0, 0.1) is 0 Å². The van der Waals surface area contributed by atoms with Gasteiger partial charge in [-0.15, -0.1) is 0 Å². The summed E-state index contributed by atoms with van der Waals surface area (Å²) >= 11 is 5.12. The fourth-order valence-electron chi connectivity index (χ4n) is 1.95. The van der Waals surface area contributed by atoms with Crippen molar-refractivity contribution in [3.8, 4) is 0 Å². The SMILES string of the molecule is CC(C)N1CCN(C(C)(C)C(N)=S)CC1. The molecular formula is C11H23N3S. The highest BCUT2D eigenvalue weighted by Gasteiger charge is 2.32. The molecule has 3 nitrogen and oxygen atoms in total. The van der Waals surface area contributed by atoms with Gasteiger partial charge >= 0.3 is 0 Å². The predicted octanol–water partition coefficient (Wildman–Crippen LogP) is 1.08. The zero-order valence-electron chi connectivity index (χ0n) is 10.3. The van der Waals surface area contributed by atoms with Gasteiger partial charge in [-0.25, -0.2) is 0 Å². The summed E-state index contributed by atoms with van der Waals surface area (Å²) in [5.41, 5.74) is 5.63. The lowest BCUT2D eigenvalue weighted by atomic mass is 10.0. The fraction of sp³-hybridized carbons (Fsp3) is 0.909. The summed E-state index contributed by atoms with van der Waals surface area (Å²) in [5.74, 6) is 0. The molecule has 0 aliphatic carbocycles. The molecule has 1 fully saturated rings. The molecule has 0 spiro atoms. The normalized spacial score (nSPS) is 20.9. The van der Waals surface area contributed by atoms with E-state index in [-0.39, 0.29) is 5.54 Å². The third-order valence-corrected chi connectivity index (χ3v) is 3.94. The van der Waals surface area contributed by atoms with Gasteiger partial charge in [-0.2, -0.15) is 0 Å². The lowest BCUT2D eigenvalue weighted by Crippen LogP contribution is -2.59. The molecule has 1 aliphatic rings. The number of nitrogens with zero attached hydrogens (tertiary/aromatic N) is 2. The first kappa shape index (κ1) is 12.9. The molecule has 0 saturated carbocycles. The second-order valence-corrected chi connectivity index (χ2v) is 5.48. The van der Waals surface area contributed by atoms with Gasteiger partial charge < -0.3 is 5.73 Å². The molecule has 0 radical (unpaired) electrons. The summed E-state index contributed by atoms with van der Waals surface area (Å²) in [4.78, 5) is 5.47. The number of nitrogens with two attached hydrogens (primary N) is 1. The van der Waals surface area contributed by atoms with Gasteiger partial charge in [0, 0.05) is 32.2 Å². The van der Waals surface area contributed by atoms with Crippen LogP contribution in [0.4, 0.5) is 0 Å². The van der Waals surface area contributed by atoms with E-state index in [1.54, 1.807) is 0 Å². The van der Waals surface area contributed by atoms with E-state index >= 15 is 0 Å². The Kier molecular flexibility index (Phi) is 4.09. The molecule has 1 saturated heterocycles. The van der Waals surface area contributed by atoms with Gasteiger partial charge in [0.1, 0.15) is 0 Å². The van der Waals surface area contributed by atoms with Crippen LogP contribution in [-0.4, -0.2) is 52.5 Å². The molecular weight excluding hydrogens is 206 g/mol. The molecule has 1 heterocycles. The predicted molar refractivity (Wildman–Crippen MR) is 69.1 cm³/mol. The van der Waals surface area contributed by atoms with Gasteiger partial charge in [-0.1, -0.05) is 12.2 Å². The molecule has 0 aromatic rings. The van der Waals surface area contributed by atoms with E-state index in [1.807, 2.05) is 0 Å². The Labute approximate surface area is 98.6 Å². The summed E-state index contributed by atoms with van der Waals surface area (Å²) in [5, 5.41) is 0. The van der Waals surface area contributed by atoms with E-state index in [4.69, 9.17) is 18.0 Å². The summed E-state index contributed by atoms with van der Waals surface area (Å²) in [7, 11) is 0. The van der Waals surface area contributed by atoms with Crippen LogP contribution in [0.3, 0.4) is 0 Å². The quantitative estimate of drug-likeness (QED) is 0.734. The van der Waals surface area contributed by atoms with E-state index in [0.717, 1.165) is 26.2 Å². The summed E-state index contributed by atoms with van der Waals surface area (Å²) in [6.07, 6.45) is 0. The van der Waals surface area contributed by atoms with Gasteiger partial charge in [0.25, 0.3) is 0 Å². The molecule has 1 aliphatic heterocycles. The summed E-state index contributed by atoms with van der Waals surface area (Å²) < 4.78 is 0. The smallest absolute Gasteiger partial charge is 0.0928 e. The monoisotopic (exact) mass is 229 g/mol. The average molecular weight is 229 g/mol. The number of hydrogen-bond acceptors (Lipinski definition) is 3. The largest absolute Gasteiger partial charge is 0.392 e. The van der Waals surface area contributed by atoms with Crippen molar-refractivity contribution in [2.45, 2.75) is 39.3 Å². The molecule has 15 heavy (non-hydrogen) atoms. The van der Waals surface area contributed by atoms with Gasteiger partial charge in [0.15, 0.2) is 0 Å². The molecule has 0 aromatic heterocycles. The molecule has 88 valence electrons. The minimum absolute atomic E-state index is 0.140. The second kappa shape index (κ2) is 4.76. The van der Waals surface area contributed by atoms with Crippen LogP contribution in [-0.2, 0) is 0 Å². The molecule has 0 unspecified atom stereocenters. The van der Waals surface area contributed by atoms with Crippen LogP contribution in [0.25, 0.3) is 0 Å². The van der Waals surface area contributed by atoms with Crippen LogP contribution in [0.5, 0.6) is 0 Å². The minimum Gasteiger partial charge on any atom is -0.392 e. The van der Waals surface area contributed by atoms with Crippen molar-refractivity contribution in [3.63, 3.8) is 0 Å². The Morgan fingerprint density at radius 3 is 2.00 bits per heavy atom. The van der Waals surface area contributed by atoms with Gasteiger partial charge in [-0.3, -0.25) is 9.80 Å². The topological polar surface area (TPSA) is 32.5 Å². The first-order valence-electron chi connectivity index (χ1n) is 5.64. The van der Waals surface area contributed by atoms with Gasteiger partial charge in [0.2, 0.25) is 0 Å². The van der Waals surface area contributed by atoms with Crippen molar-refractivity contribution in [2.24, 2.45) is 5.73 Å². The Hall–Kier alpha value is -0.190. The lowest BCUT2D eigenvalue weighted by molar-refractivity contribution is 0.0696. The first-order chi connectivity index (χ1) is 6.85. The first-order valence-corrected chi connectivity index (χ1v) is 6.05. The van der Waals surface area contributed by atoms with Crippen molar-refractivity contribution >= 4 is 17.2 Å². The third-order valence-electron chi connectivity index (χ3n) is 3.44. The van der Waals surface area contributed by atoms with Gasteiger partial charge in [0.05, 0.1) is 10.5 Å². The maximum atomic E-state index is 5.77. The van der Waals surface area contributed by atoms with Crippen molar-refractivity contribution in [3.05, 3.63) is 0 Å². The third kappa shape index (κ3) is 2.89. The van der Waals surface area contributed by atoms with Crippen molar-refractivity contribution < 1.29 is 0 Å². The number of hydrogen-bond donors (Lipinski definition) is 1. The highest BCUT2D eigenvalue weighted by Crippen LogP contribution is 2.18. The Bertz CT molecular complexity index is 230. The number of thiocarbonyl (C=S) groups is 1. The van der Waals surface area contributed by atoms with Crippen LogP contribution in [0.1, 0.15) is 27.7 Å². The van der Waals surface area contributed by atoms with Crippen molar-refractivity contribution in [2.75, 3.05) is 26.2 Å². The van der Waals surface area contributed by atoms with E-state index in [1.165, 1.54) is 0 Å². The zero-order valence-corrected chi connectivity index (χ0v) is 11.1. The van der Waals surface area contributed by atoms with Crippen molar-refractivity contribution in [1.82, 2.24) is 9.80 Å². The number of rotatable bonds is 3. The average Bonchev–Trinajstić information content (AvgIpc) is 2.17. The highest BCUT2D eigenvalue weighted by molar-refractivity contribution is 7.80. The Morgan fingerprint density at radius 1 is 1.20 bits per heavy atom. The van der Waals surface area contributed by atoms with E-state index in [9.17, 15) is 0 Å². The second-order valence-electron chi connectivity index (χ2n) is 5.04. The van der Waals surface area contributed by atoms with Gasteiger partial charge in [-0.05, 0) is 27.7 Å². The van der Waals surface area contributed by atoms with Crippen LogP contribution in [0.2, 0.25) is 0 Å². The molecule has 1 rings (SSSR count). The van der Waals surface area contributed by atoms with Crippen molar-refractivity contribution in [1.29, 1.82) is 0 Å². The lowest BCUT2D eigenvalue weighted by Gasteiger charge is -2.44. The maximum absolute atomic E-state index is 5.77. The summed E-state index contributed by atoms with van der Waals surface area (Å²) in [6, 6.07) is 0.639. The maximum Gasteiger partial charge on any atom is 0.0928 e. The Balaban J connectivity index is 2.54. The molecule has 4 heteroatoms. The van der Waals surface area contributed by atoms with E-state index in [2.05, 4.69) is 37.5 Å². The fourth-order valence-corrected chi connectivity index (χ4v) is 2.08. The molecule has 0 aromatic carbocycles. The van der Waals surface area contributed by atoms with Crippen LogP contribution in [0.15, 0.2) is 0 Å². The standard InChI is InChI=1S/C11H23N3S/c1-9(2)13-5-7-14(8-6-13)11(3,4)10(12)15/h9H,5-8H2,1-4H3,(H2,12,15). The van der Waals surface area contributed by atoms with E-state index < -0.39 is 0 Å². The minimum atomic E-state index is -0.140.